The van der Waals surface area contributed by atoms with Crippen LogP contribution < -0.4 is 4.74 Å². The molecule has 1 aromatic carbocycles. The number of aryl methyl sites for hydroxylation is 1. The number of para-hydroxylation sites is 1. The molecule has 0 unspecified atom stereocenters. The van der Waals surface area contributed by atoms with E-state index in [1.165, 1.54) is 5.56 Å². The number of hydrogen-bond acceptors (Lipinski definition) is 2. The number of hydrogen-bond donors (Lipinski definition) is 0. The highest BCUT2D eigenvalue weighted by molar-refractivity contribution is 9.09. The Kier molecular flexibility index (Phi) is 4.46. The van der Waals surface area contributed by atoms with Crippen molar-refractivity contribution in [1.82, 2.24) is 0 Å². The quantitative estimate of drug-likeness (QED) is 0.791. The summed E-state index contributed by atoms with van der Waals surface area (Å²) in [4.78, 5) is 0. The van der Waals surface area contributed by atoms with E-state index in [1.807, 2.05) is 18.2 Å². The normalized spacial score (nSPS) is 18.9. The summed E-state index contributed by atoms with van der Waals surface area (Å²) in [5.41, 5.74) is 1.44. The molecule has 0 amide bonds. The van der Waals surface area contributed by atoms with Gasteiger partial charge in [-0.05, 0) is 31.4 Å². The van der Waals surface area contributed by atoms with E-state index >= 15 is 0 Å². The van der Waals surface area contributed by atoms with Crippen molar-refractivity contribution in [3.63, 3.8) is 0 Å². The third-order valence-corrected chi connectivity index (χ3v) is 4.65. The Labute approximate surface area is 111 Å². The Morgan fingerprint density at radius 2 is 2.00 bits per heavy atom. The maximum absolute atomic E-state index is 5.98. The highest BCUT2D eigenvalue weighted by Gasteiger charge is 2.32. The topological polar surface area (TPSA) is 18.5 Å². The largest absolute Gasteiger partial charge is 0.493 e. The minimum atomic E-state index is 0.237. The molecule has 0 N–H and O–H groups in total. The van der Waals surface area contributed by atoms with Crippen LogP contribution in [0.15, 0.2) is 24.3 Å². The summed E-state index contributed by atoms with van der Waals surface area (Å²) in [6, 6.07) is 8.18. The number of alkyl halides is 1. The fourth-order valence-corrected chi connectivity index (χ4v) is 2.79. The summed E-state index contributed by atoms with van der Waals surface area (Å²) >= 11 is 3.62. The van der Waals surface area contributed by atoms with Gasteiger partial charge in [0.05, 0.1) is 6.61 Å². The standard InChI is InChI=1S/C14H19BrO2/c1-12-4-2-3-5-13(12)17-11-14(10-15)6-8-16-9-7-14/h2-5H,6-11H2,1H3. The first-order valence-electron chi connectivity index (χ1n) is 6.08. The van der Waals surface area contributed by atoms with Gasteiger partial charge in [0.25, 0.3) is 0 Å². The molecule has 0 bridgehead atoms. The van der Waals surface area contributed by atoms with E-state index in [4.69, 9.17) is 9.47 Å². The molecule has 2 rings (SSSR count). The third kappa shape index (κ3) is 3.23. The van der Waals surface area contributed by atoms with Crippen LogP contribution in [0.25, 0.3) is 0 Å². The molecule has 17 heavy (non-hydrogen) atoms. The fourth-order valence-electron chi connectivity index (χ4n) is 2.07. The summed E-state index contributed by atoms with van der Waals surface area (Å²) in [5.74, 6) is 0.999. The molecule has 3 heteroatoms. The van der Waals surface area contributed by atoms with Crippen LogP contribution in [0.5, 0.6) is 5.75 Å². The predicted molar refractivity (Wildman–Crippen MR) is 73.0 cm³/mol. The number of ether oxygens (including phenoxy) is 2. The van der Waals surface area contributed by atoms with Gasteiger partial charge in [0.2, 0.25) is 0 Å². The zero-order valence-corrected chi connectivity index (χ0v) is 11.8. The minimum absolute atomic E-state index is 0.237. The van der Waals surface area contributed by atoms with Crippen LogP contribution in [-0.4, -0.2) is 25.2 Å². The van der Waals surface area contributed by atoms with Gasteiger partial charge in [0.1, 0.15) is 5.75 Å². The van der Waals surface area contributed by atoms with Crippen LogP contribution in [0.2, 0.25) is 0 Å². The number of halogens is 1. The van der Waals surface area contributed by atoms with Gasteiger partial charge in [0.15, 0.2) is 0 Å². The first-order chi connectivity index (χ1) is 8.26. The van der Waals surface area contributed by atoms with Gasteiger partial charge >= 0.3 is 0 Å². The smallest absolute Gasteiger partial charge is 0.122 e. The summed E-state index contributed by atoms with van der Waals surface area (Å²) < 4.78 is 11.4. The Morgan fingerprint density at radius 3 is 2.65 bits per heavy atom. The molecule has 1 heterocycles. The molecule has 0 radical (unpaired) electrons. The zero-order chi connectivity index (χ0) is 12.1. The van der Waals surface area contributed by atoms with Gasteiger partial charge < -0.3 is 9.47 Å². The Morgan fingerprint density at radius 1 is 1.29 bits per heavy atom. The maximum Gasteiger partial charge on any atom is 0.122 e. The molecule has 0 aliphatic carbocycles. The number of rotatable bonds is 4. The Hall–Kier alpha value is -0.540. The molecule has 0 aromatic heterocycles. The molecular weight excluding hydrogens is 280 g/mol. The molecule has 94 valence electrons. The number of benzene rings is 1. The first-order valence-corrected chi connectivity index (χ1v) is 7.20. The van der Waals surface area contributed by atoms with Gasteiger partial charge in [-0.3, -0.25) is 0 Å². The average molecular weight is 299 g/mol. The molecule has 1 aliphatic rings. The SMILES string of the molecule is Cc1ccccc1OCC1(CBr)CCOCC1. The van der Waals surface area contributed by atoms with Crippen LogP contribution in [0.3, 0.4) is 0 Å². The highest BCUT2D eigenvalue weighted by atomic mass is 79.9. The van der Waals surface area contributed by atoms with Crippen LogP contribution in [0, 0.1) is 12.3 Å². The lowest BCUT2D eigenvalue weighted by molar-refractivity contribution is 0.00343. The van der Waals surface area contributed by atoms with Crippen molar-refractivity contribution in [3.05, 3.63) is 29.8 Å². The van der Waals surface area contributed by atoms with E-state index in [2.05, 4.69) is 28.9 Å². The molecule has 2 nitrogen and oxygen atoms in total. The average Bonchev–Trinajstić information content (AvgIpc) is 2.39. The van der Waals surface area contributed by atoms with Gasteiger partial charge in [-0.15, -0.1) is 0 Å². The van der Waals surface area contributed by atoms with Gasteiger partial charge in [0, 0.05) is 24.0 Å². The predicted octanol–water partition coefficient (Wildman–Crippen LogP) is 3.57. The minimum Gasteiger partial charge on any atom is -0.493 e. The molecule has 0 spiro atoms. The van der Waals surface area contributed by atoms with E-state index in [-0.39, 0.29) is 5.41 Å². The van der Waals surface area contributed by atoms with Crippen molar-refractivity contribution in [2.24, 2.45) is 5.41 Å². The summed E-state index contributed by atoms with van der Waals surface area (Å²) in [7, 11) is 0. The molecular formula is C14H19BrO2. The van der Waals surface area contributed by atoms with Crippen LogP contribution in [-0.2, 0) is 4.74 Å². The molecule has 1 saturated heterocycles. The fraction of sp³-hybridized carbons (Fsp3) is 0.571. The lowest BCUT2D eigenvalue weighted by atomic mass is 9.83. The van der Waals surface area contributed by atoms with E-state index in [0.717, 1.165) is 43.7 Å². The van der Waals surface area contributed by atoms with Gasteiger partial charge in [-0.25, -0.2) is 0 Å². The summed E-state index contributed by atoms with van der Waals surface area (Å²) in [6.45, 7) is 4.55. The molecule has 1 fully saturated rings. The molecule has 1 aliphatic heterocycles. The van der Waals surface area contributed by atoms with Crippen molar-refractivity contribution < 1.29 is 9.47 Å². The third-order valence-electron chi connectivity index (χ3n) is 3.46. The highest BCUT2D eigenvalue weighted by Crippen LogP contribution is 2.33. The van der Waals surface area contributed by atoms with Gasteiger partial charge in [-0.2, -0.15) is 0 Å². The van der Waals surface area contributed by atoms with Crippen LogP contribution in [0.1, 0.15) is 18.4 Å². The molecule has 0 atom stereocenters. The van der Waals surface area contributed by atoms with E-state index in [1.54, 1.807) is 0 Å². The van der Waals surface area contributed by atoms with Crippen LogP contribution in [0.4, 0.5) is 0 Å². The Bertz CT molecular complexity index is 359. The zero-order valence-electron chi connectivity index (χ0n) is 10.2. The second kappa shape index (κ2) is 5.87. The van der Waals surface area contributed by atoms with Crippen molar-refractivity contribution in [3.8, 4) is 5.75 Å². The maximum atomic E-state index is 5.98. The van der Waals surface area contributed by atoms with Crippen molar-refractivity contribution in [2.75, 3.05) is 25.2 Å². The second-order valence-electron chi connectivity index (χ2n) is 4.80. The molecule has 1 aromatic rings. The van der Waals surface area contributed by atoms with Crippen molar-refractivity contribution in [1.29, 1.82) is 0 Å². The molecule has 0 saturated carbocycles. The second-order valence-corrected chi connectivity index (χ2v) is 5.36. The van der Waals surface area contributed by atoms with Crippen molar-refractivity contribution >= 4 is 15.9 Å². The van der Waals surface area contributed by atoms with E-state index in [0.29, 0.717) is 0 Å². The van der Waals surface area contributed by atoms with Gasteiger partial charge in [-0.1, -0.05) is 34.1 Å². The lowest BCUT2D eigenvalue weighted by Gasteiger charge is -2.35. The lowest BCUT2D eigenvalue weighted by Crippen LogP contribution is -2.36. The summed E-state index contributed by atoms with van der Waals surface area (Å²) in [6.07, 6.45) is 2.15. The van der Waals surface area contributed by atoms with E-state index in [9.17, 15) is 0 Å². The van der Waals surface area contributed by atoms with E-state index < -0.39 is 0 Å². The first kappa shape index (κ1) is 12.9. The monoisotopic (exact) mass is 298 g/mol. The van der Waals surface area contributed by atoms with Crippen molar-refractivity contribution in [2.45, 2.75) is 19.8 Å². The summed E-state index contributed by atoms with van der Waals surface area (Å²) in [5, 5.41) is 0.981. The van der Waals surface area contributed by atoms with Crippen LogP contribution >= 0.6 is 15.9 Å². The Balaban J connectivity index is 1.98.